The maximum absolute atomic E-state index is 8.62. The molecule has 0 atom stereocenters. The van der Waals surface area contributed by atoms with Gasteiger partial charge in [-0.05, 0) is 0 Å². The van der Waals surface area contributed by atoms with Crippen LogP contribution in [0.4, 0.5) is 0 Å². The average molecular weight is 214 g/mol. The second-order valence-electron chi connectivity index (χ2n) is 1.96. The lowest BCUT2D eigenvalue weighted by atomic mass is 10.1. The van der Waals surface area contributed by atoms with Gasteiger partial charge < -0.3 is 0 Å². The smallest absolute Gasteiger partial charge is 0.125 e. The lowest BCUT2D eigenvalue weighted by Crippen LogP contribution is -1.80. The van der Waals surface area contributed by atoms with Crippen LogP contribution in [-0.4, -0.2) is 0 Å². The molecule has 4 nitrogen and oxygen atoms in total. The minimum absolute atomic E-state index is 0.00606. The molecule has 0 amide bonds. The summed E-state index contributed by atoms with van der Waals surface area (Å²) < 4.78 is 0. The normalized spacial score (nSPS) is 7.07. The summed E-state index contributed by atoms with van der Waals surface area (Å²) in [7, 11) is 0. The molecule has 0 saturated heterocycles. The number of rotatable bonds is 0. The van der Waals surface area contributed by atoms with Crippen molar-refractivity contribution in [1.82, 2.24) is 0 Å². The molecule has 0 bridgehead atoms. The Bertz CT molecular complexity index is 467. The van der Waals surface area contributed by atoms with E-state index in [-0.39, 0.29) is 20.9 Å². The first kappa shape index (κ1) is 12.7. The molecule has 0 unspecified atom stereocenters. The van der Waals surface area contributed by atoms with E-state index in [0.717, 1.165) is 11.3 Å². The van der Waals surface area contributed by atoms with Crippen molar-refractivity contribution in [3.05, 3.63) is 20.9 Å². The predicted molar refractivity (Wildman–Crippen MR) is 54.5 cm³/mol. The van der Waals surface area contributed by atoms with Crippen LogP contribution in [0.1, 0.15) is 34.7 Å². The summed E-state index contributed by atoms with van der Waals surface area (Å²) in [5.41, 5.74) is 0.0121. The van der Waals surface area contributed by atoms with E-state index in [1.54, 1.807) is 24.3 Å². The monoisotopic (exact) mass is 214 g/mol. The third-order valence-electron chi connectivity index (χ3n) is 1.33. The van der Waals surface area contributed by atoms with Gasteiger partial charge in [0, 0.05) is 0 Å². The fraction of sp³-hybridized carbons (Fsp3) is 0.200. The van der Waals surface area contributed by atoms with Gasteiger partial charge in [-0.3, -0.25) is 0 Å². The Hall–Kier alpha value is -2.34. The van der Waals surface area contributed by atoms with Gasteiger partial charge in [0.15, 0.2) is 0 Å². The number of nitriles is 4. The summed E-state index contributed by atoms with van der Waals surface area (Å²) >= 11 is 0.868. The van der Waals surface area contributed by atoms with Crippen LogP contribution in [-0.2, 0) is 0 Å². The van der Waals surface area contributed by atoms with Gasteiger partial charge >= 0.3 is 0 Å². The fourth-order valence-corrected chi connectivity index (χ4v) is 1.60. The van der Waals surface area contributed by atoms with Crippen LogP contribution in [0.3, 0.4) is 0 Å². The molecule has 1 rings (SSSR count). The van der Waals surface area contributed by atoms with Crippen molar-refractivity contribution in [3.8, 4) is 24.3 Å². The first-order valence-corrected chi connectivity index (χ1v) is 4.87. The Balaban J connectivity index is 0.000000921. The molecule has 0 aliphatic heterocycles. The van der Waals surface area contributed by atoms with Crippen LogP contribution >= 0.6 is 11.3 Å². The third kappa shape index (κ3) is 2.32. The molecule has 0 saturated carbocycles. The number of nitrogens with zero attached hydrogens (tertiary/aromatic N) is 4. The van der Waals surface area contributed by atoms with Crippen molar-refractivity contribution in [1.29, 1.82) is 21.0 Å². The predicted octanol–water partition coefficient (Wildman–Crippen LogP) is 2.26. The van der Waals surface area contributed by atoms with Gasteiger partial charge in [-0.15, -0.1) is 11.3 Å². The molecule has 0 aliphatic carbocycles. The second kappa shape index (κ2) is 6.17. The van der Waals surface area contributed by atoms with Crippen LogP contribution in [0.25, 0.3) is 0 Å². The summed E-state index contributed by atoms with van der Waals surface area (Å²) in [6.45, 7) is 4.00. The summed E-state index contributed by atoms with van der Waals surface area (Å²) in [4.78, 5) is 0.242. The molecule has 0 aliphatic rings. The molecular formula is C10H6N4S. The van der Waals surface area contributed by atoms with Crippen LogP contribution in [0.15, 0.2) is 0 Å². The molecule has 72 valence electrons. The lowest BCUT2D eigenvalue weighted by molar-refractivity contribution is 1.43. The Morgan fingerprint density at radius 3 is 1.27 bits per heavy atom. The summed E-state index contributed by atoms with van der Waals surface area (Å²) in [6.07, 6.45) is 0. The standard InChI is InChI=1S/C8N4S.C2H6/c9-1-5-6(2-10)8(4-12)13-7(5)3-11;1-2/h;1-2H3. The lowest BCUT2D eigenvalue weighted by Gasteiger charge is -1.80. The van der Waals surface area contributed by atoms with E-state index in [9.17, 15) is 0 Å². The minimum atomic E-state index is 0.00606. The Kier molecular flexibility index (Phi) is 5.20. The van der Waals surface area contributed by atoms with Gasteiger partial charge in [0.2, 0.25) is 0 Å². The first-order chi connectivity index (χ1) is 7.28. The molecule has 0 spiro atoms. The van der Waals surface area contributed by atoms with E-state index in [0.29, 0.717) is 0 Å². The van der Waals surface area contributed by atoms with Gasteiger partial charge in [0.1, 0.15) is 34.0 Å². The van der Waals surface area contributed by atoms with E-state index >= 15 is 0 Å². The van der Waals surface area contributed by atoms with E-state index in [2.05, 4.69) is 0 Å². The highest BCUT2D eigenvalue weighted by molar-refractivity contribution is 7.13. The number of hydrogen-bond acceptors (Lipinski definition) is 5. The molecule has 0 radical (unpaired) electrons. The second-order valence-corrected chi connectivity index (χ2v) is 2.98. The van der Waals surface area contributed by atoms with Crippen molar-refractivity contribution in [2.45, 2.75) is 13.8 Å². The SMILES string of the molecule is CC.N#Cc1sc(C#N)c(C#N)c1C#N. The van der Waals surface area contributed by atoms with E-state index in [4.69, 9.17) is 21.0 Å². The van der Waals surface area contributed by atoms with Crippen LogP contribution in [0, 0.1) is 45.3 Å². The zero-order valence-corrected chi connectivity index (χ0v) is 9.01. The average Bonchev–Trinajstić information content (AvgIpc) is 2.68. The van der Waals surface area contributed by atoms with Crippen LogP contribution in [0.2, 0.25) is 0 Å². The Morgan fingerprint density at radius 2 is 1.07 bits per heavy atom. The van der Waals surface area contributed by atoms with Crippen molar-refractivity contribution in [3.63, 3.8) is 0 Å². The van der Waals surface area contributed by atoms with Gasteiger partial charge in [0.25, 0.3) is 0 Å². The Morgan fingerprint density at radius 1 is 0.733 bits per heavy atom. The molecule has 0 aromatic carbocycles. The van der Waals surface area contributed by atoms with Crippen molar-refractivity contribution >= 4 is 11.3 Å². The Labute approximate surface area is 91.8 Å². The molecular weight excluding hydrogens is 208 g/mol. The van der Waals surface area contributed by atoms with Crippen LogP contribution in [0.5, 0.6) is 0 Å². The highest BCUT2D eigenvalue weighted by Crippen LogP contribution is 2.25. The van der Waals surface area contributed by atoms with Crippen molar-refractivity contribution in [2.24, 2.45) is 0 Å². The molecule has 1 aromatic rings. The maximum Gasteiger partial charge on any atom is 0.125 e. The van der Waals surface area contributed by atoms with Gasteiger partial charge in [-0.2, -0.15) is 21.0 Å². The summed E-state index contributed by atoms with van der Waals surface area (Å²) in [5, 5.41) is 34.4. The highest BCUT2D eigenvalue weighted by Gasteiger charge is 2.17. The fourth-order valence-electron chi connectivity index (χ4n) is 0.802. The molecule has 5 heteroatoms. The topological polar surface area (TPSA) is 95.2 Å². The minimum Gasteiger partial charge on any atom is -0.192 e. The third-order valence-corrected chi connectivity index (χ3v) is 2.33. The molecule has 1 heterocycles. The first-order valence-electron chi connectivity index (χ1n) is 4.05. The zero-order chi connectivity index (χ0) is 11.8. The molecule has 15 heavy (non-hydrogen) atoms. The van der Waals surface area contributed by atoms with Crippen molar-refractivity contribution < 1.29 is 0 Å². The highest BCUT2D eigenvalue weighted by atomic mass is 32.1. The van der Waals surface area contributed by atoms with E-state index < -0.39 is 0 Å². The summed E-state index contributed by atoms with van der Waals surface area (Å²) in [6, 6.07) is 7.01. The molecule has 0 N–H and O–H groups in total. The summed E-state index contributed by atoms with van der Waals surface area (Å²) in [5.74, 6) is 0. The van der Waals surface area contributed by atoms with Crippen molar-refractivity contribution in [2.75, 3.05) is 0 Å². The molecule has 0 fully saturated rings. The molecule has 1 aromatic heterocycles. The number of hydrogen-bond donors (Lipinski definition) is 0. The number of thiophene rings is 1. The van der Waals surface area contributed by atoms with Gasteiger partial charge in [0.05, 0.1) is 11.1 Å². The van der Waals surface area contributed by atoms with E-state index in [1.165, 1.54) is 0 Å². The zero-order valence-electron chi connectivity index (χ0n) is 8.20. The largest absolute Gasteiger partial charge is 0.192 e. The van der Waals surface area contributed by atoms with Gasteiger partial charge in [-0.25, -0.2) is 0 Å². The van der Waals surface area contributed by atoms with E-state index in [1.807, 2.05) is 13.8 Å². The van der Waals surface area contributed by atoms with Gasteiger partial charge in [-0.1, -0.05) is 13.8 Å². The quantitative estimate of drug-likeness (QED) is 0.661. The van der Waals surface area contributed by atoms with Crippen LogP contribution < -0.4 is 0 Å². The maximum atomic E-state index is 8.62.